The summed E-state index contributed by atoms with van der Waals surface area (Å²) >= 11 is 1.10. The minimum Gasteiger partial charge on any atom is -0.457 e. The first-order chi connectivity index (χ1) is 16.0. The first-order valence-electron chi connectivity index (χ1n) is 10.8. The van der Waals surface area contributed by atoms with Crippen LogP contribution < -0.4 is 0 Å². The molecule has 3 rings (SSSR count). The Kier molecular flexibility index (Phi) is 9.90. The number of carbonyl (C=O) groups excluding carboxylic acids is 2. The van der Waals surface area contributed by atoms with E-state index in [0.717, 1.165) is 22.9 Å². The van der Waals surface area contributed by atoms with Gasteiger partial charge in [0.2, 0.25) is 0 Å². The Balaban J connectivity index is 1.86. The van der Waals surface area contributed by atoms with Crippen molar-refractivity contribution >= 4 is 22.8 Å². The van der Waals surface area contributed by atoms with Crippen molar-refractivity contribution in [2.75, 3.05) is 12.9 Å². The van der Waals surface area contributed by atoms with E-state index in [1.807, 2.05) is 60.7 Å². The summed E-state index contributed by atoms with van der Waals surface area (Å²) in [6.07, 6.45) is -3.48. The van der Waals surface area contributed by atoms with Crippen LogP contribution in [0.4, 0.5) is 0 Å². The summed E-state index contributed by atoms with van der Waals surface area (Å²) in [7, 11) is 1.53. The van der Waals surface area contributed by atoms with E-state index in [0.29, 0.717) is 12.4 Å². The third-order valence-corrected chi connectivity index (χ3v) is 6.05. The van der Waals surface area contributed by atoms with Gasteiger partial charge in [-0.05, 0) is 11.1 Å². The van der Waals surface area contributed by atoms with E-state index in [1.54, 1.807) is 0 Å². The smallest absolute Gasteiger partial charge is 0.303 e. The fourth-order valence-electron chi connectivity index (χ4n) is 3.63. The van der Waals surface area contributed by atoms with Crippen molar-refractivity contribution in [2.24, 2.45) is 0 Å². The number of esters is 1. The lowest BCUT2D eigenvalue weighted by Crippen LogP contribution is -2.61. The molecule has 1 aliphatic rings. The maximum absolute atomic E-state index is 12.0. The monoisotopic (exact) mass is 474 g/mol. The standard InChI is InChI=1S/C25H30O7S/c1-17(26)31-22-21(16-33-18(2)27)32-25(28-3)24(30-15-20-12-8-5-9-13-20)23(22)29-14-19-10-6-4-7-11-19/h4-13,21-25H,14-16H2,1-3H3/t21-,22-,23+,24-,25+/m1/s1. The molecule has 0 bridgehead atoms. The maximum atomic E-state index is 12.0. The van der Waals surface area contributed by atoms with Gasteiger partial charge in [0.1, 0.15) is 18.3 Å². The summed E-state index contributed by atoms with van der Waals surface area (Å²) in [6, 6.07) is 19.4. The average molecular weight is 475 g/mol. The molecule has 1 saturated heterocycles. The Labute approximate surface area is 198 Å². The lowest BCUT2D eigenvalue weighted by molar-refractivity contribution is -0.308. The van der Waals surface area contributed by atoms with Gasteiger partial charge in [-0.15, -0.1) is 0 Å². The van der Waals surface area contributed by atoms with Crippen LogP contribution in [0.15, 0.2) is 60.7 Å². The van der Waals surface area contributed by atoms with Gasteiger partial charge in [-0.3, -0.25) is 9.59 Å². The highest BCUT2D eigenvalue weighted by molar-refractivity contribution is 8.13. The molecule has 0 amide bonds. The van der Waals surface area contributed by atoms with E-state index in [2.05, 4.69) is 0 Å². The van der Waals surface area contributed by atoms with Gasteiger partial charge < -0.3 is 23.7 Å². The number of thioether (sulfide) groups is 1. The SMILES string of the molecule is CO[C@H]1O[C@H](CSC(C)=O)[C@@H](OC(C)=O)[C@H](OCc2ccccc2)[C@H]1OCc1ccccc1. The highest BCUT2D eigenvalue weighted by Gasteiger charge is 2.49. The highest BCUT2D eigenvalue weighted by Crippen LogP contribution is 2.32. The van der Waals surface area contributed by atoms with Crippen LogP contribution in [0.3, 0.4) is 0 Å². The minimum atomic E-state index is -0.773. The molecule has 7 nitrogen and oxygen atoms in total. The summed E-state index contributed by atoms with van der Waals surface area (Å²) < 4.78 is 29.9. The molecule has 1 aliphatic heterocycles. The van der Waals surface area contributed by atoms with E-state index in [-0.39, 0.29) is 11.7 Å². The fourth-order valence-corrected chi connectivity index (χ4v) is 4.30. The molecule has 2 aromatic rings. The average Bonchev–Trinajstić information content (AvgIpc) is 2.82. The molecule has 1 heterocycles. The van der Waals surface area contributed by atoms with Crippen LogP contribution in [0, 0.1) is 0 Å². The Bertz CT molecular complexity index is 877. The van der Waals surface area contributed by atoms with E-state index < -0.39 is 36.7 Å². The summed E-state index contributed by atoms with van der Waals surface area (Å²) in [5.41, 5.74) is 1.95. The number of hydrogen-bond acceptors (Lipinski definition) is 8. The molecule has 8 heteroatoms. The molecule has 0 aromatic heterocycles. The molecule has 0 spiro atoms. The second kappa shape index (κ2) is 12.9. The minimum absolute atomic E-state index is 0.0571. The third-order valence-electron chi connectivity index (χ3n) is 5.15. The number of benzene rings is 2. The van der Waals surface area contributed by atoms with Crippen molar-refractivity contribution in [1.29, 1.82) is 0 Å². The zero-order valence-electron chi connectivity index (χ0n) is 19.0. The van der Waals surface area contributed by atoms with Crippen molar-refractivity contribution in [3.8, 4) is 0 Å². The predicted octanol–water partition coefficient (Wildman–Crippen LogP) is 3.74. The van der Waals surface area contributed by atoms with Gasteiger partial charge >= 0.3 is 5.97 Å². The van der Waals surface area contributed by atoms with Crippen LogP contribution in [-0.2, 0) is 46.5 Å². The van der Waals surface area contributed by atoms with Crippen molar-refractivity contribution in [3.05, 3.63) is 71.8 Å². The number of ether oxygens (including phenoxy) is 5. The quantitative estimate of drug-likeness (QED) is 0.482. The zero-order chi connectivity index (χ0) is 23.6. The van der Waals surface area contributed by atoms with Crippen LogP contribution in [0.5, 0.6) is 0 Å². The second-order valence-electron chi connectivity index (χ2n) is 7.68. The summed E-state index contributed by atoms with van der Waals surface area (Å²) in [4.78, 5) is 23.6. The van der Waals surface area contributed by atoms with Crippen molar-refractivity contribution in [2.45, 2.75) is 57.8 Å². The van der Waals surface area contributed by atoms with Crippen LogP contribution in [0.25, 0.3) is 0 Å². The molecule has 33 heavy (non-hydrogen) atoms. The molecule has 0 radical (unpaired) electrons. The van der Waals surface area contributed by atoms with Crippen molar-refractivity contribution < 1.29 is 33.3 Å². The maximum Gasteiger partial charge on any atom is 0.303 e. The number of rotatable bonds is 10. The van der Waals surface area contributed by atoms with E-state index in [9.17, 15) is 9.59 Å². The van der Waals surface area contributed by atoms with Gasteiger partial charge in [0.25, 0.3) is 0 Å². The molecule has 1 fully saturated rings. The van der Waals surface area contributed by atoms with E-state index in [1.165, 1.54) is 21.0 Å². The molecule has 0 unspecified atom stereocenters. The van der Waals surface area contributed by atoms with Gasteiger partial charge in [-0.25, -0.2) is 0 Å². The Hall–Kier alpha value is -2.23. The molecule has 0 saturated carbocycles. The predicted molar refractivity (Wildman–Crippen MR) is 124 cm³/mol. The lowest BCUT2D eigenvalue weighted by atomic mass is 9.98. The van der Waals surface area contributed by atoms with Gasteiger partial charge in [0.15, 0.2) is 17.5 Å². The Morgan fingerprint density at radius 2 is 1.39 bits per heavy atom. The zero-order valence-corrected chi connectivity index (χ0v) is 19.9. The summed E-state index contributed by atoms with van der Waals surface area (Å²) in [5, 5.41) is -0.0571. The second-order valence-corrected chi connectivity index (χ2v) is 8.87. The third kappa shape index (κ3) is 7.65. The van der Waals surface area contributed by atoms with Gasteiger partial charge in [0, 0.05) is 26.7 Å². The Morgan fingerprint density at radius 1 is 0.848 bits per heavy atom. The van der Waals surface area contributed by atoms with Crippen LogP contribution in [-0.4, -0.2) is 54.7 Å². The lowest BCUT2D eigenvalue weighted by Gasteiger charge is -2.45. The van der Waals surface area contributed by atoms with E-state index in [4.69, 9.17) is 23.7 Å². The first kappa shape index (κ1) is 25.4. The molecule has 0 aliphatic carbocycles. The summed E-state index contributed by atoms with van der Waals surface area (Å²) in [6.45, 7) is 3.42. The Morgan fingerprint density at radius 3 is 1.88 bits per heavy atom. The molecule has 5 atom stereocenters. The van der Waals surface area contributed by atoms with Gasteiger partial charge in [0.05, 0.1) is 13.2 Å². The van der Waals surface area contributed by atoms with Gasteiger partial charge in [-0.2, -0.15) is 0 Å². The number of hydrogen-bond donors (Lipinski definition) is 0. The van der Waals surface area contributed by atoms with Crippen LogP contribution in [0.2, 0.25) is 0 Å². The van der Waals surface area contributed by atoms with Crippen LogP contribution in [0.1, 0.15) is 25.0 Å². The topological polar surface area (TPSA) is 80.3 Å². The molecule has 178 valence electrons. The molecular formula is C25H30O7S. The van der Waals surface area contributed by atoms with Crippen molar-refractivity contribution in [3.63, 3.8) is 0 Å². The van der Waals surface area contributed by atoms with Gasteiger partial charge in [-0.1, -0.05) is 72.4 Å². The van der Waals surface area contributed by atoms with Crippen LogP contribution >= 0.6 is 11.8 Å². The van der Waals surface area contributed by atoms with E-state index >= 15 is 0 Å². The van der Waals surface area contributed by atoms with Crippen molar-refractivity contribution in [1.82, 2.24) is 0 Å². The summed E-state index contributed by atoms with van der Waals surface area (Å²) in [5.74, 6) is -0.170. The number of carbonyl (C=O) groups is 2. The molecule has 2 aromatic carbocycles. The highest BCUT2D eigenvalue weighted by atomic mass is 32.2. The first-order valence-corrected chi connectivity index (χ1v) is 11.8. The normalized spacial score (nSPS) is 24.9. The molecular weight excluding hydrogens is 444 g/mol. The number of methoxy groups -OCH3 is 1. The fraction of sp³-hybridized carbons (Fsp3) is 0.440. The largest absolute Gasteiger partial charge is 0.457 e. The molecule has 0 N–H and O–H groups in total.